The minimum Gasteiger partial charge on any atom is -0.456 e. The van der Waals surface area contributed by atoms with E-state index in [1.807, 2.05) is 0 Å². The van der Waals surface area contributed by atoms with Gasteiger partial charge >= 0.3 is 0 Å². The number of rotatable bonds is 2. The van der Waals surface area contributed by atoms with Crippen LogP contribution >= 0.6 is 23.2 Å². The molecular weight excluding hydrogens is 231 g/mol. The molecule has 0 N–H and O–H groups in total. The zero-order valence-electron chi connectivity index (χ0n) is 7.71. The molecule has 75 valence electrons. The summed E-state index contributed by atoms with van der Waals surface area (Å²) in [6, 6.07) is 15.3. The van der Waals surface area contributed by atoms with Gasteiger partial charge in [-0.1, -0.05) is 41.4 Å². The van der Waals surface area contributed by atoms with Crippen LogP contribution in [0.5, 0.6) is 11.5 Å². The summed E-state index contributed by atoms with van der Waals surface area (Å²) in [5, 5.41) is 0.906. The second-order valence-corrected chi connectivity index (χ2v) is 3.67. The number of hydrogen-bond acceptors (Lipinski definition) is 1. The maximum atomic E-state index is 5.98. The normalized spacial score (nSPS) is 10.0. The van der Waals surface area contributed by atoms with Crippen molar-refractivity contribution in [3.63, 3.8) is 0 Å². The zero-order valence-corrected chi connectivity index (χ0v) is 9.22. The molecule has 0 aliphatic carbocycles. The van der Waals surface area contributed by atoms with E-state index >= 15 is 0 Å². The molecule has 0 spiro atoms. The molecule has 0 amide bonds. The van der Waals surface area contributed by atoms with Gasteiger partial charge < -0.3 is 4.74 Å². The van der Waals surface area contributed by atoms with Crippen LogP contribution in [0.15, 0.2) is 42.5 Å². The van der Waals surface area contributed by atoms with Gasteiger partial charge in [0.2, 0.25) is 0 Å². The summed E-state index contributed by atoms with van der Waals surface area (Å²) in [7, 11) is 0. The molecule has 0 heterocycles. The van der Waals surface area contributed by atoms with Crippen molar-refractivity contribution in [2.45, 2.75) is 0 Å². The Hall–Kier alpha value is -1.18. The second-order valence-electron chi connectivity index (χ2n) is 2.89. The Bertz CT molecular complexity index is 454. The molecule has 1 radical (unpaired) electrons. The van der Waals surface area contributed by atoms with Crippen molar-refractivity contribution >= 4 is 23.2 Å². The first-order chi connectivity index (χ1) is 7.27. The molecule has 0 bridgehead atoms. The predicted octanol–water partition coefficient (Wildman–Crippen LogP) is 4.59. The first-order valence-electron chi connectivity index (χ1n) is 4.35. The van der Waals surface area contributed by atoms with Gasteiger partial charge in [-0.05, 0) is 30.3 Å². The lowest BCUT2D eigenvalue weighted by molar-refractivity contribution is 0.483. The van der Waals surface area contributed by atoms with E-state index in [4.69, 9.17) is 27.9 Å². The fourth-order valence-electron chi connectivity index (χ4n) is 1.13. The fraction of sp³-hybridized carbons (Fsp3) is 0. The van der Waals surface area contributed by atoms with E-state index in [1.165, 1.54) is 0 Å². The summed E-state index contributed by atoms with van der Waals surface area (Å²) >= 11 is 11.8. The lowest BCUT2D eigenvalue weighted by atomic mass is 10.3. The molecule has 0 aromatic heterocycles. The molecule has 15 heavy (non-hydrogen) atoms. The molecule has 2 rings (SSSR count). The molecule has 0 unspecified atom stereocenters. The van der Waals surface area contributed by atoms with Crippen LogP contribution < -0.4 is 4.74 Å². The van der Waals surface area contributed by atoms with Crippen molar-refractivity contribution in [2.75, 3.05) is 0 Å². The Kier molecular flexibility index (Phi) is 3.14. The van der Waals surface area contributed by atoms with Gasteiger partial charge in [0.15, 0.2) is 0 Å². The predicted molar refractivity (Wildman–Crippen MR) is 61.8 cm³/mol. The molecule has 2 aromatic carbocycles. The minimum absolute atomic E-state index is 0.423. The summed E-state index contributed by atoms with van der Waals surface area (Å²) < 4.78 is 5.55. The smallest absolute Gasteiger partial charge is 0.147 e. The van der Waals surface area contributed by atoms with Crippen molar-refractivity contribution in [3.8, 4) is 11.5 Å². The van der Waals surface area contributed by atoms with Crippen LogP contribution in [-0.4, -0.2) is 0 Å². The van der Waals surface area contributed by atoms with E-state index in [9.17, 15) is 0 Å². The maximum absolute atomic E-state index is 5.98. The third-order valence-corrected chi connectivity index (χ3v) is 2.63. The average molecular weight is 238 g/mol. The molecule has 0 saturated carbocycles. The van der Waals surface area contributed by atoms with E-state index in [1.54, 1.807) is 42.5 Å². The Balaban J connectivity index is 2.29. The highest BCUT2D eigenvalue weighted by Gasteiger charge is 2.05. The van der Waals surface area contributed by atoms with Gasteiger partial charge in [0, 0.05) is 0 Å². The maximum Gasteiger partial charge on any atom is 0.147 e. The third kappa shape index (κ3) is 2.44. The Morgan fingerprint density at radius 2 is 1.73 bits per heavy atom. The topological polar surface area (TPSA) is 9.23 Å². The third-order valence-electron chi connectivity index (χ3n) is 1.83. The summed E-state index contributed by atoms with van der Waals surface area (Å²) in [6.45, 7) is 0. The van der Waals surface area contributed by atoms with Crippen molar-refractivity contribution in [1.82, 2.24) is 0 Å². The van der Waals surface area contributed by atoms with Crippen LogP contribution in [0.4, 0.5) is 0 Å². The highest BCUT2D eigenvalue weighted by atomic mass is 35.5. The monoisotopic (exact) mass is 237 g/mol. The molecule has 3 heteroatoms. The largest absolute Gasteiger partial charge is 0.456 e. The van der Waals surface area contributed by atoms with Crippen LogP contribution in [0.2, 0.25) is 10.0 Å². The molecule has 0 atom stereocenters. The number of ether oxygens (including phenoxy) is 1. The Morgan fingerprint density at radius 3 is 2.47 bits per heavy atom. The summed E-state index contributed by atoms with van der Waals surface area (Å²) in [5.41, 5.74) is 0. The van der Waals surface area contributed by atoms with E-state index in [-0.39, 0.29) is 0 Å². The van der Waals surface area contributed by atoms with Crippen LogP contribution in [0.1, 0.15) is 0 Å². The molecule has 0 saturated heterocycles. The van der Waals surface area contributed by atoms with Crippen LogP contribution in [0, 0.1) is 6.07 Å². The van der Waals surface area contributed by atoms with Gasteiger partial charge in [-0.3, -0.25) is 0 Å². The van der Waals surface area contributed by atoms with E-state index in [0.29, 0.717) is 21.5 Å². The van der Waals surface area contributed by atoms with Crippen LogP contribution in [-0.2, 0) is 0 Å². The minimum atomic E-state index is 0.423. The van der Waals surface area contributed by atoms with Crippen molar-refractivity contribution in [1.29, 1.82) is 0 Å². The number of hydrogen-bond donors (Lipinski definition) is 0. The number of halogens is 2. The van der Waals surface area contributed by atoms with E-state index in [2.05, 4.69) is 6.07 Å². The van der Waals surface area contributed by atoms with Gasteiger partial charge in [0.05, 0.1) is 5.02 Å². The molecular formula is C12H7Cl2O. The second kappa shape index (κ2) is 4.56. The number of benzene rings is 2. The van der Waals surface area contributed by atoms with Crippen molar-refractivity contribution in [3.05, 3.63) is 58.6 Å². The Labute approximate surface area is 98.2 Å². The zero-order chi connectivity index (χ0) is 10.7. The highest BCUT2D eigenvalue weighted by Crippen LogP contribution is 2.34. The van der Waals surface area contributed by atoms with Gasteiger partial charge in [0.25, 0.3) is 0 Å². The van der Waals surface area contributed by atoms with Crippen molar-refractivity contribution < 1.29 is 4.74 Å². The fourth-order valence-corrected chi connectivity index (χ4v) is 1.46. The van der Waals surface area contributed by atoms with Gasteiger partial charge in [0.1, 0.15) is 16.5 Å². The van der Waals surface area contributed by atoms with Crippen LogP contribution in [0.25, 0.3) is 0 Å². The quantitative estimate of drug-likeness (QED) is 0.743. The van der Waals surface area contributed by atoms with Gasteiger partial charge in [-0.2, -0.15) is 0 Å². The summed E-state index contributed by atoms with van der Waals surface area (Å²) in [4.78, 5) is 0. The highest BCUT2D eigenvalue weighted by molar-refractivity contribution is 6.42. The average Bonchev–Trinajstić information content (AvgIpc) is 2.26. The first kappa shape index (κ1) is 10.3. The SMILES string of the molecule is Clc1cccc(Oc2cc[c]cc2)c1Cl. The van der Waals surface area contributed by atoms with Gasteiger partial charge in [-0.25, -0.2) is 0 Å². The first-order valence-corrected chi connectivity index (χ1v) is 5.11. The lowest BCUT2D eigenvalue weighted by Gasteiger charge is -2.07. The molecule has 2 aromatic rings. The van der Waals surface area contributed by atoms with Crippen LogP contribution in [0.3, 0.4) is 0 Å². The van der Waals surface area contributed by atoms with E-state index < -0.39 is 0 Å². The van der Waals surface area contributed by atoms with Gasteiger partial charge in [-0.15, -0.1) is 0 Å². The van der Waals surface area contributed by atoms with Crippen molar-refractivity contribution in [2.24, 2.45) is 0 Å². The molecule has 0 aliphatic rings. The summed E-state index contributed by atoms with van der Waals surface area (Å²) in [5.74, 6) is 1.26. The molecule has 0 aliphatic heterocycles. The molecule has 0 fully saturated rings. The standard InChI is InChI=1S/C12H7Cl2O/c13-10-7-4-8-11(12(10)14)15-9-5-2-1-3-6-9/h2-8H. The molecule has 1 nitrogen and oxygen atoms in total. The Morgan fingerprint density at radius 1 is 1.00 bits per heavy atom. The summed E-state index contributed by atoms with van der Waals surface area (Å²) in [6.07, 6.45) is 0. The van der Waals surface area contributed by atoms with E-state index in [0.717, 1.165) is 0 Å². The lowest BCUT2D eigenvalue weighted by Crippen LogP contribution is -1.84.